The fraction of sp³-hybridized carbons (Fsp3) is 0.692. The number of rotatable bonds is 3. The van der Waals surface area contributed by atoms with Crippen LogP contribution in [0.15, 0.2) is 4.99 Å². The lowest BCUT2D eigenvalue weighted by molar-refractivity contribution is -0.144. The summed E-state index contributed by atoms with van der Waals surface area (Å²) in [6.07, 6.45) is 2.03. The number of carbonyl (C=O) groups is 3. The van der Waals surface area contributed by atoms with Gasteiger partial charge in [0.1, 0.15) is 0 Å². The maximum Gasteiger partial charge on any atom is 0.332 e. The number of hydrogen-bond donors (Lipinski definition) is 0. The van der Waals surface area contributed by atoms with Crippen molar-refractivity contribution in [2.45, 2.75) is 25.9 Å². The Morgan fingerprint density at radius 2 is 1.85 bits per heavy atom. The molecule has 0 N–H and O–H groups in total. The Kier molecular flexibility index (Phi) is 4.17. The summed E-state index contributed by atoms with van der Waals surface area (Å²) in [5, 5.41) is 0. The van der Waals surface area contributed by atoms with Crippen LogP contribution in [0.4, 0.5) is 4.79 Å². The molecule has 2 heterocycles. The average Bonchev–Trinajstić information content (AvgIpc) is 2.94. The van der Waals surface area contributed by atoms with Crippen LogP contribution in [-0.4, -0.2) is 66.7 Å². The largest absolute Gasteiger partial charge is 0.376 e. The Morgan fingerprint density at radius 1 is 1.25 bits per heavy atom. The van der Waals surface area contributed by atoms with Crippen LogP contribution in [0.25, 0.3) is 0 Å². The number of aliphatic imine (C=N–C) groups is 1. The SMILES string of the molecule is CC(=NC[C@@H]1CCCO1)C1C(=O)N(C)C(=O)N(C)C1=O. The first kappa shape index (κ1) is 14.6. The molecule has 1 atom stereocenters. The number of hydrogen-bond acceptors (Lipinski definition) is 5. The Labute approximate surface area is 117 Å². The third-order valence-electron chi connectivity index (χ3n) is 3.72. The second-order valence-corrected chi connectivity index (χ2v) is 5.13. The maximum absolute atomic E-state index is 12.1. The summed E-state index contributed by atoms with van der Waals surface area (Å²) in [7, 11) is 2.74. The van der Waals surface area contributed by atoms with E-state index in [2.05, 4.69) is 4.99 Å². The van der Waals surface area contributed by atoms with E-state index < -0.39 is 23.8 Å². The predicted molar refractivity (Wildman–Crippen MR) is 71.4 cm³/mol. The first-order chi connectivity index (χ1) is 9.43. The zero-order valence-corrected chi connectivity index (χ0v) is 12.0. The van der Waals surface area contributed by atoms with E-state index in [0.29, 0.717) is 12.3 Å². The molecule has 0 spiro atoms. The van der Waals surface area contributed by atoms with Gasteiger partial charge in [-0.25, -0.2) is 4.79 Å². The lowest BCUT2D eigenvalue weighted by atomic mass is 9.99. The molecule has 0 aromatic carbocycles. The highest BCUT2D eigenvalue weighted by atomic mass is 16.5. The number of barbiturate groups is 1. The van der Waals surface area contributed by atoms with Crippen LogP contribution in [0.5, 0.6) is 0 Å². The molecule has 7 heteroatoms. The van der Waals surface area contributed by atoms with E-state index in [1.54, 1.807) is 6.92 Å². The number of carbonyl (C=O) groups excluding carboxylic acids is 3. The van der Waals surface area contributed by atoms with Gasteiger partial charge in [0.25, 0.3) is 0 Å². The Balaban J connectivity index is 2.12. The average molecular weight is 281 g/mol. The number of amides is 4. The van der Waals surface area contributed by atoms with Gasteiger partial charge < -0.3 is 4.74 Å². The van der Waals surface area contributed by atoms with Gasteiger partial charge in [0.15, 0.2) is 5.92 Å². The van der Waals surface area contributed by atoms with Crippen molar-refractivity contribution >= 4 is 23.6 Å². The predicted octanol–water partition coefficient (Wildman–Crippen LogP) is 0.293. The summed E-state index contributed by atoms with van der Waals surface area (Å²) in [4.78, 5) is 42.0. The molecule has 0 unspecified atom stereocenters. The highest BCUT2D eigenvalue weighted by Crippen LogP contribution is 2.18. The lowest BCUT2D eigenvalue weighted by Crippen LogP contribution is -2.58. The molecule has 2 aliphatic heterocycles. The molecule has 7 nitrogen and oxygen atoms in total. The molecule has 2 fully saturated rings. The van der Waals surface area contributed by atoms with Gasteiger partial charge in [0, 0.05) is 26.4 Å². The molecule has 2 aliphatic rings. The van der Waals surface area contributed by atoms with E-state index in [9.17, 15) is 14.4 Å². The molecule has 0 saturated carbocycles. The minimum Gasteiger partial charge on any atom is -0.376 e. The zero-order chi connectivity index (χ0) is 14.9. The highest BCUT2D eigenvalue weighted by Gasteiger charge is 2.43. The first-order valence-electron chi connectivity index (χ1n) is 6.65. The summed E-state index contributed by atoms with van der Waals surface area (Å²) in [5.74, 6) is -2.04. The molecule has 0 aromatic heterocycles. The normalized spacial score (nSPS) is 25.9. The van der Waals surface area contributed by atoms with Crippen molar-refractivity contribution < 1.29 is 19.1 Å². The standard InChI is InChI=1S/C13H19N3O4/c1-8(14-7-9-5-4-6-20-9)10-11(17)15(2)13(19)16(3)12(10)18/h9-10H,4-7H2,1-3H3/t9-/m0/s1. The summed E-state index contributed by atoms with van der Waals surface area (Å²) in [6.45, 7) is 2.83. The zero-order valence-electron chi connectivity index (χ0n) is 12.0. The molecule has 0 bridgehead atoms. The topological polar surface area (TPSA) is 79.3 Å². The van der Waals surface area contributed by atoms with Gasteiger partial charge in [0.05, 0.1) is 12.6 Å². The molecule has 110 valence electrons. The molecule has 0 aromatic rings. The molecular formula is C13H19N3O4. The minimum atomic E-state index is -0.996. The maximum atomic E-state index is 12.1. The molecule has 0 radical (unpaired) electrons. The van der Waals surface area contributed by atoms with Gasteiger partial charge in [-0.15, -0.1) is 0 Å². The number of imide groups is 2. The molecular weight excluding hydrogens is 262 g/mol. The molecule has 4 amide bonds. The van der Waals surface area contributed by atoms with Gasteiger partial charge in [-0.05, 0) is 19.8 Å². The van der Waals surface area contributed by atoms with E-state index >= 15 is 0 Å². The lowest BCUT2D eigenvalue weighted by Gasteiger charge is -2.32. The van der Waals surface area contributed by atoms with Crippen LogP contribution >= 0.6 is 0 Å². The number of ether oxygens (including phenoxy) is 1. The Hall–Kier alpha value is -1.76. The second-order valence-electron chi connectivity index (χ2n) is 5.13. The van der Waals surface area contributed by atoms with Crippen molar-refractivity contribution in [1.82, 2.24) is 9.80 Å². The third kappa shape index (κ3) is 2.58. The number of nitrogens with zero attached hydrogens (tertiary/aromatic N) is 3. The third-order valence-corrected chi connectivity index (χ3v) is 3.72. The van der Waals surface area contributed by atoms with Crippen LogP contribution in [0.1, 0.15) is 19.8 Å². The van der Waals surface area contributed by atoms with Gasteiger partial charge >= 0.3 is 6.03 Å². The van der Waals surface area contributed by atoms with E-state index in [1.165, 1.54) is 14.1 Å². The molecule has 0 aliphatic carbocycles. The van der Waals surface area contributed by atoms with Crippen LogP contribution in [0.3, 0.4) is 0 Å². The van der Waals surface area contributed by atoms with Crippen LogP contribution in [-0.2, 0) is 14.3 Å². The highest BCUT2D eigenvalue weighted by molar-refractivity contribution is 6.26. The molecule has 20 heavy (non-hydrogen) atoms. The smallest absolute Gasteiger partial charge is 0.332 e. The fourth-order valence-corrected chi connectivity index (χ4v) is 2.39. The molecule has 2 saturated heterocycles. The van der Waals surface area contributed by atoms with Gasteiger partial charge in [0.2, 0.25) is 11.8 Å². The van der Waals surface area contributed by atoms with E-state index in [1.807, 2.05) is 0 Å². The minimum absolute atomic E-state index is 0.0656. The summed E-state index contributed by atoms with van der Waals surface area (Å²) in [5.41, 5.74) is 0.432. The Morgan fingerprint density at radius 3 is 2.35 bits per heavy atom. The quantitative estimate of drug-likeness (QED) is 0.550. The fourth-order valence-electron chi connectivity index (χ4n) is 2.39. The van der Waals surface area contributed by atoms with Crippen molar-refractivity contribution in [3.05, 3.63) is 0 Å². The summed E-state index contributed by atoms with van der Waals surface area (Å²) < 4.78 is 5.45. The first-order valence-corrected chi connectivity index (χ1v) is 6.65. The van der Waals surface area contributed by atoms with Crippen molar-refractivity contribution in [3.63, 3.8) is 0 Å². The second kappa shape index (κ2) is 5.70. The van der Waals surface area contributed by atoms with Gasteiger partial charge in [-0.3, -0.25) is 24.4 Å². The monoisotopic (exact) mass is 281 g/mol. The van der Waals surface area contributed by atoms with Crippen molar-refractivity contribution in [2.75, 3.05) is 27.2 Å². The Bertz CT molecular complexity index is 444. The number of urea groups is 1. The van der Waals surface area contributed by atoms with Gasteiger partial charge in [-0.2, -0.15) is 0 Å². The summed E-state index contributed by atoms with van der Waals surface area (Å²) >= 11 is 0. The van der Waals surface area contributed by atoms with Crippen LogP contribution < -0.4 is 0 Å². The summed E-state index contributed by atoms with van der Waals surface area (Å²) in [6, 6.07) is -0.608. The van der Waals surface area contributed by atoms with E-state index in [-0.39, 0.29) is 6.10 Å². The van der Waals surface area contributed by atoms with E-state index in [0.717, 1.165) is 29.2 Å². The van der Waals surface area contributed by atoms with Crippen molar-refractivity contribution in [2.24, 2.45) is 10.9 Å². The van der Waals surface area contributed by atoms with E-state index in [4.69, 9.17) is 4.74 Å². The van der Waals surface area contributed by atoms with Gasteiger partial charge in [-0.1, -0.05) is 0 Å². The van der Waals surface area contributed by atoms with Crippen LogP contribution in [0, 0.1) is 5.92 Å². The van der Waals surface area contributed by atoms with Crippen molar-refractivity contribution in [1.29, 1.82) is 0 Å². The van der Waals surface area contributed by atoms with Crippen molar-refractivity contribution in [3.8, 4) is 0 Å². The molecule has 2 rings (SSSR count). The van der Waals surface area contributed by atoms with Crippen LogP contribution in [0.2, 0.25) is 0 Å².